The van der Waals surface area contributed by atoms with E-state index in [1.165, 1.54) is 25.2 Å². The lowest BCUT2D eigenvalue weighted by atomic mass is 9.88. The molecule has 1 aromatic heterocycles. The van der Waals surface area contributed by atoms with Crippen LogP contribution in [0.2, 0.25) is 0 Å². The van der Waals surface area contributed by atoms with E-state index in [1.54, 1.807) is 0 Å². The van der Waals surface area contributed by atoms with Crippen LogP contribution < -0.4 is 11.1 Å². The highest BCUT2D eigenvalue weighted by molar-refractivity contribution is 7.17. The lowest BCUT2D eigenvalue weighted by Crippen LogP contribution is -2.30. The van der Waals surface area contributed by atoms with Gasteiger partial charge in [-0.1, -0.05) is 6.92 Å². The summed E-state index contributed by atoms with van der Waals surface area (Å²) in [7, 11) is 0. The van der Waals surface area contributed by atoms with Gasteiger partial charge in [0.25, 0.3) is 5.91 Å². The lowest BCUT2D eigenvalue weighted by molar-refractivity contribution is -0.148. The number of thiophene rings is 1. The van der Waals surface area contributed by atoms with Crippen molar-refractivity contribution in [2.45, 2.75) is 46.5 Å². The van der Waals surface area contributed by atoms with E-state index in [9.17, 15) is 14.4 Å². The van der Waals surface area contributed by atoms with Crippen LogP contribution in [0.4, 0.5) is 5.00 Å². The number of rotatable bonds is 5. The van der Waals surface area contributed by atoms with Gasteiger partial charge in [0.15, 0.2) is 0 Å². The molecule has 126 valence electrons. The number of primary amides is 1. The van der Waals surface area contributed by atoms with Crippen LogP contribution in [0.25, 0.3) is 0 Å². The monoisotopic (exact) mass is 338 g/mol. The van der Waals surface area contributed by atoms with Crippen molar-refractivity contribution < 1.29 is 19.5 Å². The molecular formula is C16H22N2O4S. The maximum atomic E-state index is 12.2. The third-order valence-electron chi connectivity index (χ3n) is 4.19. The van der Waals surface area contributed by atoms with Gasteiger partial charge < -0.3 is 16.2 Å². The number of amides is 2. The number of carbonyl (C=O) groups is 3. The predicted molar refractivity (Wildman–Crippen MR) is 88.7 cm³/mol. The van der Waals surface area contributed by atoms with Gasteiger partial charge in [0, 0.05) is 11.3 Å². The Morgan fingerprint density at radius 1 is 1.39 bits per heavy atom. The Kier molecular flexibility index (Phi) is 4.79. The number of aliphatic carboxylic acids is 1. The first-order chi connectivity index (χ1) is 10.6. The summed E-state index contributed by atoms with van der Waals surface area (Å²) < 4.78 is 0. The molecule has 1 aromatic rings. The van der Waals surface area contributed by atoms with Gasteiger partial charge in [-0.3, -0.25) is 14.4 Å². The summed E-state index contributed by atoms with van der Waals surface area (Å²) in [6.45, 7) is 5.14. The van der Waals surface area contributed by atoms with Crippen molar-refractivity contribution in [3.8, 4) is 0 Å². The molecule has 0 bridgehead atoms. The normalized spacial score (nSPS) is 17.4. The van der Waals surface area contributed by atoms with Crippen molar-refractivity contribution >= 4 is 34.1 Å². The topological polar surface area (TPSA) is 109 Å². The largest absolute Gasteiger partial charge is 0.481 e. The summed E-state index contributed by atoms with van der Waals surface area (Å²) in [6.07, 6.45) is 2.47. The average Bonchev–Trinajstić information content (AvgIpc) is 2.74. The number of anilines is 1. The van der Waals surface area contributed by atoms with Gasteiger partial charge in [-0.15, -0.1) is 11.3 Å². The lowest BCUT2D eigenvalue weighted by Gasteiger charge is -2.18. The fraction of sp³-hybridized carbons (Fsp3) is 0.562. The van der Waals surface area contributed by atoms with Crippen molar-refractivity contribution in [1.29, 1.82) is 0 Å². The first-order valence-corrected chi connectivity index (χ1v) is 8.41. The molecule has 1 aliphatic rings. The van der Waals surface area contributed by atoms with E-state index in [1.807, 2.05) is 0 Å². The molecule has 0 aliphatic heterocycles. The van der Waals surface area contributed by atoms with E-state index in [4.69, 9.17) is 10.8 Å². The maximum Gasteiger partial charge on any atom is 0.309 e. The fourth-order valence-corrected chi connectivity index (χ4v) is 4.18. The Hall–Kier alpha value is -1.89. The highest BCUT2D eigenvalue weighted by atomic mass is 32.1. The SMILES string of the molecule is CC1CCc2c(sc(NC(=O)CC(C)(C)C(=O)O)c2C(N)=O)C1. The first-order valence-electron chi connectivity index (χ1n) is 7.59. The Labute approximate surface area is 139 Å². The summed E-state index contributed by atoms with van der Waals surface area (Å²) >= 11 is 1.38. The molecule has 0 aromatic carbocycles. The number of hydrogen-bond acceptors (Lipinski definition) is 4. The molecule has 0 saturated carbocycles. The van der Waals surface area contributed by atoms with Crippen LogP contribution in [0.5, 0.6) is 0 Å². The van der Waals surface area contributed by atoms with E-state index in [0.29, 0.717) is 16.5 Å². The molecule has 1 unspecified atom stereocenters. The van der Waals surface area contributed by atoms with Crippen LogP contribution in [-0.2, 0) is 22.4 Å². The van der Waals surface area contributed by atoms with Gasteiger partial charge in [0.1, 0.15) is 5.00 Å². The zero-order chi connectivity index (χ0) is 17.4. The minimum Gasteiger partial charge on any atom is -0.481 e. The molecule has 1 aliphatic carbocycles. The highest BCUT2D eigenvalue weighted by Crippen LogP contribution is 2.39. The van der Waals surface area contributed by atoms with E-state index in [2.05, 4.69) is 12.2 Å². The van der Waals surface area contributed by atoms with Gasteiger partial charge in [0.05, 0.1) is 11.0 Å². The van der Waals surface area contributed by atoms with Gasteiger partial charge in [-0.2, -0.15) is 0 Å². The van der Waals surface area contributed by atoms with Crippen LogP contribution in [-0.4, -0.2) is 22.9 Å². The molecule has 0 radical (unpaired) electrons. The van der Waals surface area contributed by atoms with Gasteiger partial charge >= 0.3 is 5.97 Å². The van der Waals surface area contributed by atoms with Gasteiger partial charge in [-0.05, 0) is 44.6 Å². The third-order valence-corrected chi connectivity index (χ3v) is 5.36. The molecule has 1 atom stereocenters. The van der Waals surface area contributed by atoms with Crippen LogP contribution >= 0.6 is 11.3 Å². The Morgan fingerprint density at radius 3 is 2.61 bits per heavy atom. The van der Waals surface area contributed by atoms with Gasteiger partial charge in [0.2, 0.25) is 5.91 Å². The van der Waals surface area contributed by atoms with Crippen molar-refractivity contribution in [2.24, 2.45) is 17.1 Å². The van der Waals surface area contributed by atoms with Crippen LogP contribution in [0.15, 0.2) is 0 Å². The van der Waals surface area contributed by atoms with Crippen LogP contribution in [0.3, 0.4) is 0 Å². The molecule has 7 heteroatoms. The van der Waals surface area contributed by atoms with Gasteiger partial charge in [-0.25, -0.2) is 0 Å². The summed E-state index contributed by atoms with van der Waals surface area (Å²) in [5.41, 5.74) is 5.65. The zero-order valence-electron chi connectivity index (χ0n) is 13.6. The number of nitrogens with one attached hydrogen (secondary N) is 1. The smallest absolute Gasteiger partial charge is 0.309 e. The summed E-state index contributed by atoms with van der Waals surface area (Å²) in [4.78, 5) is 36.2. The highest BCUT2D eigenvalue weighted by Gasteiger charge is 2.32. The van der Waals surface area contributed by atoms with E-state index < -0.39 is 23.2 Å². The average molecular weight is 338 g/mol. The number of hydrogen-bond donors (Lipinski definition) is 3. The molecule has 4 N–H and O–H groups in total. The quantitative estimate of drug-likeness (QED) is 0.765. The van der Waals surface area contributed by atoms with Crippen molar-refractivity contribution in [2.75, 3.05) is 5.32 Å². The zero-order valence-corrected chi connectivity index (χ0v) is 14.4. The number of carboxylic acids is 1. The number of carboxylic acid groups (broad SMARTS) is 1. The second kappa shape index (κ2) is 6.31. The minimum atomic E-state index is -1.16. The van der Waals surface area contributed by atoms with E-state index in [0.717, 1.165) is 29.7 Å². The molecule has 0 spiro atoms. The summed E-state index contributed by atoms with van der Waals surface area (Å²) in [5, 5.41) is 12.2. The van der Waals surface area contributed by atoms with Crippen LogP contribution in [0.1, 0.15) is 54.4 Å². The summed E-state index contributed by atoms with van der Waals surface area (Å²) in [6, 6.07) is 0. The Morgan fingerprint density at radius 2 is 2.04 bits per heavy atom. The molecule has 0 fully saturated rings. The molecule has 6 nitrogen and oxygen atoms in total. The first kappa shape index (κ1) is 17.5. The van der Waals surface area contributed by atoms with E-state index in [-0.39, 0.29) is 6.42 Å². The molecule has 2 rings (SSSR count). The summed E-state index contributed by atoms with van der Waals surface area (Å²) in [5.74, 6) is -1.48. The Balaban J connectivity index is 2.25. The third kappa shape index (κ3) is 3.72. The maximum absolute atomic E-state index is 12.2. The standard InChI is InChI=1S/C16H22N2O4S/c1-8-4-5-9-10(6-8)23-14(12(9)13(17)20)18-11(19)7-16(2,3)15(21)22/h8H,4-7H2,1-3H3,(H2,17,20)(H,18,19)(H,21,22). The van der Waals surface area contributed by atoms with Crippen molar-refractivity contribution in [1.82, 2.24) is 0 Å². The van der Waals surface area contributed by atoms with Crippen LogP contribution in [0, 0.1) is 11.3 Å². The molecule has 23 heavy (non-hydrogen) atoms. The molecule has 2 amide bonds. The number of nitrogens with two attached hydrogens (primary N) is 1. The molecule has 0 saturated heterocycles. The second-order valence-electron chi connectivity index (χ2n) is 6.83. The second-order valence-corrected chi connectivity index (χ2v) is 7.94. The van der Waals surface area contributed by atoms with E-state index >= 15 is 0 Å². The minimum absolute atomic E-state index is 0.167. The Bertz CT molecular complexity index is 663. The van der Waals surface area contributed by atoms with Crippen molar-refractivity contribution in [3.63, 3.8) is 0 Å². The molecule has 1 heterocycles. The molecular weight excluding hydrogens is 316 g/mol. The fourth-order valence-electron chi connectivity index (χ4n) is 2.75. The number of fused-ring (bicyclic) bond motifs is 1. The van der Waals surface area contributed by atoms with Crippen molar-refractivity contribution in [3.05, 3.63) is 16.0 Å². The predicted octanol–water partition coefficient (Wildman–Crippen LogP) is 2.41. The number of carbonyl (C=O) groups excluding carboxylic acids is 2.